The molecule has 2 aliphatic rings. The first-order chi connectivity index (χ1) is 14.8. The average molecular weight is 428 g/mol. The predicted molar refractivity (Wildman–Crippen MR) is 109 cm³/mol. The molecule has 1 amide bonds. The highest BCUT2D eigenvalue weighted by Gasteiger charge is 2.42. The van der Waals surface area contributed by atoms with Gasteiger partial charge >= 0.3 is 6.18 Å². The van der Waals surface area contributed by atoms with Crippen molar-refractivity contribution in [1.82, 2.24) is 19.9 Å². The molecule has 2 fully saturated rings. The summed E-state index contributed by atoms with van der Waals surface area (Å²) in [7, 11) is 0. The molecule has 31 heavy (non-hydrogen) atoms. The summed E-state index contributed by atoms with van der Waals surface area (Å²) in [5.41, 5.74) is -0.310. The largest absolute Gasteiger partial charge is 0.433 e. The number of fused-ring (bicyclic) bond motifs is 3. The molecule has 4 atom stereocenters. The van der Waals surface area contributed by atoms with Crippen LogP contribution in [0, 0.1) is 17.8 Å². The fourth-order valence-corrected chi connectivity index (χ4v) is 5.38. The molecule has 0 saturated heterocycles. The Morgan fingerprint density at radius 3 is 2.61 bits per heavy atom. The van der Waals surface area contributed by atoms with Crippen molar-refractivity contribution < 1.29 is 18.0 Å². The minimum Gasteiger partial charge on any atom is -0.349 e. The Bertz CT molecular complexity index is 1130. The van der Waals surface area contributed by atoms with Gasteiger partial charge in [-0.05, 0) is 50.0 Å². The molecule has 2 aromatic heterocycles. The van der Waals surface area contributed by atoms with E-state index >= 15 is 0 Å². The van der Waals surface area contributed by atoms with Gasteiger partial charge < -0.3 is 5.32 Å². The number of carbonyl (C=O) groups excluding carboxylic acids is 1. The van der Waals surface area contributed by atoms with Crippen LogP contribution in [0.1, 0.15) is 48.7 Å². The van der Waals surface area contributed by atoms with Crippen LogP contribution in [-0.2, 0) is 6.18 Å². The summed E-state index contributed by atoms with van der Waals surface area (Å²) >= 11 is 0. The molecule has 0 aliphatic heterocycles. The minimum atomic E-state index is -4.64. The van der Waals surface area contributed by atoms with Gasteiger partial charge in [0.15, 0.2) is 11.3 Å². The number of carbonyl (C=O) groups is 1. The van der Waals surface area contributed by atoms with Gasteiger partial charge in [0.1, 0.15) is 5.56 Å². The van der Waals surface area contributed by atoms with Gasteiger partial charge in [-0.25, -0.2) is 9.50 Å². The van der Waals surface area contributed by atoms with Gasteiger partial charge in [0.05, 0.1) is 11.9 Å². The van der Waals surface area contributed by atoms with Crippen LogP contribution in [0.2, 0.25) is 0 Å². The van der Waals surface area contributed by atoms with Crippen molar-refractivity contribution in [2.75, 3.05) is 0 Å². The average Bonchev–Trinajstić information content (AvgIpc) is 3.48. The molecule has 5 rings (SSSR count). The molecule has 0 unspecified atom stereocenters. The lowest BCUT2D eigenvalue weighted by Crippen LogP contribution is -2.40. The third-order valence-corrected chi connectivity index (χ3v) is 6.87. The van der Waals surface area contributed by atoms with Crippen molar-refractivity contribution in [2.45, 2.75) is 44.8 Å². The van der Waals surface area contributed by atoms with Crippen molar-refractivity contribution in [1.29, 1.82) is 0 Å². The second-order valence-electron chi connectivity index (χ2n) is 8.78. The first kappa shape index (κ1) is 20.0. The van der Waals surface area contributed by atoms with E-state index in [0.717, 1.165) is 18.4 Å². The highest BCUT2D eigenvalue weighted by molar-refractivity contribution is 6.00. The second kappa shape index (κ2) is 7.35. The van der Waals surface area contributed by atoms with Gasteiger partial charge in [0, 0.05) is 11.6 Å². The van der Waals surface area contributed by atoms with Crippen LogP contribution in [-0.4, -0.2) is 26.5 Å². The van der Waals surface area contributed by atoms with E-state index in [-0.39, 0.29) is 22.9 Å². The lowest BCUT2D eigenvalue weighted by Gasteiger charge is -2.28. The molecule has 2 heterocycles. The summed E-state index contributed by atoms with van der Waals surface area (Å²) in [6.07, 6.45) is 1.33. The van der Waals surface area contributed by atoms with Crippen LogP contribution in [0.3, 0.4) is 0 Å². The summed E-state index contributed by atoms with van der Waals surface area (Å²) < 4.78 is 41.9. The number of hydrogen-bond acceptors (Lipinski definition) is 3. The third-order valence-electron chi connectivity index (χ3n) is 6.87. The molecular formula is C23H23F3N4O. The monoisotopic (exact) mass is 428 g/mol. The number of hydrogen-bond donors (Lipinski definition) is 1. The van der Waals surface area contributed by atoms with E-state index < -0.39 is 17.8 Å². The summed E-state index contributed by atoms with van der Waals surface area (Å²) in [5.74, 6) is 1.36. The number of benzene rings is 1. The molecule has 2 bridgehead atoms. The lowest BCUT2D eigenvalue weighted by atomic mass is 9.84. The fraction of sp³-hybridized carbons (Fsp3) is 0.435. The van der Waals surface area contributed by atoms with Gasteiger partial charge in [-0.1, -0.05) is 36.8 Å². The van der Waals surface area contributed by atoms with Gasteiger partial charge in [0.2, 0.25) is 0 Å². The predicted octanol–water partition coefficient (Wildman–Crippen LogP) is 4.97. The number of aromatic nitrogens is 3. The van der Waals surface area contributed by atoms with Crippen molar-refractivity contribution in [2.24, 2.45) is 17.8 Å². The molecule has 5 nitrogen and oxygen atoms in total. The number of nitrogens with one attached hydrogen (secondary N) is 1. The molecule has 2 saturated carbocycles. The van der Waals surface area contributed by atoms with E-state index in [1.54, 1.807) is 30.3 Å². The molecule has 1 N–H and O–H groups in total. The molecule has 0 radical (unpaired) electrons. The number of alkyl halides is 3. The van der Waals surface area contributed by atoms with E-state index in [1.807, 2.05) is 6.92 Å². The summed E-state index contributed by atoms with van der Waals surface area (Å²) in [6.45, 7) is 1.99. The van der Waals surface area contributed by atoms with Crippen LogP contribution < -0.4 is 5.32 Å². The Morgan fingerprint density at radius 2 is 1.97 bits per heavy atom. The van der Waals surface area contributed by atoms with Gasteiger partial charge in [-0.2, -0.15) is 18.3 Å². The maximum atomic E-state index is 13.7. The minimum absolute atomic E-state index is 0.0443. The fourth-order valence-electron chi connectivity index (χ4n) is 5.38. The van der Waals surface area contributed by atoms with Gasteiger partial charge in [0.25, 0.3) is 5.91 Å². The van der Waals surface area contributed by atoms with E-state index in [2.05, 4.69) is 15.4 Å². The smallest absolute Gasteiger partial charge is 0.349 e. The summed E-state index contributed by atoms with van der Waals surface area (Å²) in [6, 6.07) is 9.54. The molecule has 2 aliphatic carbocycles. The quantitative estimate of drug-likeness (QED) is 0.638. The van der Waals surface area contributed by atoms with Crippen molar-refractivity contribution in [3.8, 4) is 11.3 Å². The molecule has 8 heteroatoms. The molecular weight excluding hydrogens is 405 g/mol. The Morgan fingerprint density at radius 1 is 1.19 bits per heavy atom. The first-order valence-corrected chi connectivity index (χ1v) is 10.6. The number of nitrogens with zero attached hydrogens (tertiary/aromatic N) is 3. The Labute approximate surface area is 177 Å². The van der Waals surface area contributed by atoms with E-state index in [0.29, 0.717) is 21.9 Å². The third kappa shape index (κ3) is 3.58. The number of halogens is 3. The highest BCUT2D eigenvalue weighted by Crippen LogP contribution is 2.49. The summed E-state index contributed by atoms with van der Waals surface area (Å²) in [4.78, 5) is 17.4. The standard InChI is InChI=1S/C23H23F3N4O/c1-13(17-10-14-7-8-16(17)9-14)28-22(31)18-12-27-30-20(23(24,25)26)11-19(29-21(18)30)15-5-3-2-4-6-15/h2-6,11-14,16-17H,7-10H2,1H3,(H,28,31)/t13-,14-,16-,17+/m1/s1. The zero-order chi connectivity index (χ0) is 21.8. The maximum Gasteiger partial charge on any atom is 0.433 e. The number of rotatable bonds is 4. The highest BCUT2D eigenvalue weighted by atomic mass is 19.4. The molecule has 1 aromatic carbocycles. The second-order valence-corrected chi connectivity index (χ2v) is 8.78. The van der Waals surface area contributed by atoms with E-state index in [1.165, 1.54) is 25.5 Å². The van der Waals surface area contributed by atoms with Crippen LogP contribution >= 0.6 is 0 Å². The Balaban J connectivity index is 1.51. The summed E-state index contributed by atoms with van der Waals surface area (Å²) in [5, 5.41) is 6.86. The van der Waals surface area contributed by atoms with E-state index in [4.69, 9.17) is 0 Å². The van der Waals surface area contributed by atoms with Gasteiger partial charge in [-0.15, -0.1) is 0 Å². The number of amides is 1. The molecule has 0 spiro atoms. The molecule has 162 valence electrons. The van der Waals surface area contributed by atoms with Crippen molar-refractivity contribution >= 4 is 11.6 Å². The van der Waals surface area contributed by atoms with Crippen LogP contribution in [0.4, 0.5) is 13.2 Å². The first-order valence-electron chi connectivity index (χ1n) is 10.6. The Hall–Kier alpha value is -2.90. The van der Waals surface area contributed by atoms with Crippen LogP contribution in [0.25, 0.3) is 16.9 Å². The van der Waals surface area contributed by atoms with E-state index in [9.17, 15) is 18.0 Å². The zero-order valence-corrected chi connectivity index (χ0v) is 17.1. The SMILES string of the molecule is C[C@@H](NC(=O)c1cnn2c(C(F)(F)F)cc(-c3ccccc3)nc12)[C@@H]1C[C@@H]2CC[C@@H]1C2. The topological polar surface area (TPSA) is 59.3 Å². The Kier molecular flexibility index (Phi) is 4.75. The van der Waals surface area contributed by atoms with Crippen LogP contribution in [0.15, 0.2) is 42.6 Å². The van der Waals surface area contributed by atoms with Gasteiger partial charge in [-0.3, -0.25) is 4.79 Å². The van der Waals surface area contributed by atoms with Crippen molar-refractivity contribution in [3.05, 3.63) is 53.9 Å². The zero-order valence-electron chi connectivity index (χ0n) is 17.1. The lowest BCUT2D eigenvalue weighted by molar-refractivity contribution is -0.142. The normalized spacial score (nSPS) is 23.9. The van der Waals surface area contributed by atoms with Crippen molar-refractivity contribution in [3.63, 3.8) is 0 Å². The maximum absolute atomic E-state index is 13.7. The molecule has 3 aromatic rings. The van der Waals surface area contributed by atoms with Crippen LogP contribution in [0.5, 0.6) is 0 Å².